The van der Waals surface area contributed by atoms with Gasteiger partial charge in [0.25, 0.3) is 0 Å². The van der Waals surface area contributed by atoms with E-state index in [9.17, 15) is 0 Å². The van der Waals surface area contributed by atoms with Gasteiger partial charge in [-0.25, -0.2) is 0 Å². The lowest BCUT2D eigenvalue weighted by Gasteiger charge is -1.99. The Morgan fingerprint density at radius 1 is 1.18 bits per heavy atom. The molecular weight excluding hydrogens is 134 g/mol. The molecular formula is C10H21N. The molecule has 0 fully saturated rings. The molecule has 66 valence electrons. The predicted molar refractivity (Wildman–Crippen MR) is 51.3 cm³/mol. The lowest BCUT2D eigenvalue weighted by molar-refractivity contribution is 0.661. The summed E-state index contributed by atoms with van der Waals surface area (Å²) in [6, 6.07) is 0. The highest BCUT2D eigenvalue weighted by Crippen LogP contribution is 2.06. The van der Waals surface area contributed by atoms with E-state index < -0.39 is 0 Å². The van der Waals surface area contributed by atoms with Gasteiger partial charge >= 0.3 is 0 Å². The summed E-state index contributed by atoms with van der Waals surface area (Å²) in [5.74, 6) is 0. The molecule has 0 saturated carbocycles. The van der Waals surface area contributed by atoms with Gasteiger partial charge in [0, 0.05) is 5.70 Å². The average Bonchev–Trinajstić information content (AvgIpc) is 1.99. The third-order valence-corrected chi connectivity index (χ3v) is 1.79. The van der Waals surface area contributed by atoms with Crippen LogP contribution in [0.15, 0.2) is 11.8 Å². The van der Waals surface area contributed by atoms with Crippen molar-refractivity contribution < 1.29 is 0 Å². The van der Waals surface area contributed by atoms with E-state index in [2.05, 4.69) is 19.9 Å². The second kappa shape index (κ2) is 7.64. The topological polar surface area (TPSA) is 26.0 Å². The Morgan fingerprint density at radius 3 is 2.45 bits per heavy atom. The van der Waals surface area contributed by atoms with E-state index in [1.165, 1.54) is 25.7 Å². The van der Waals surface area contributed by atoms with Crippen LogP contribution in [0, 0.1) is 0 Å². The summed E-state index contributed by atoms with van der Waals surface area (Å²) in [5.41, 5.74) is 6.80. The van der Waals surface area contributed by atoms with Gasteiger partial charge in [-0.2, -0.15) is 0 Å². The smallest absolute Gasteiger partial charge is 0.00398 e. The van der Waals surface area contributed by atoms with E-state index in [1.54, 1.807) is 0 Å². The monoisotopic (exact) mass is 155 g/mol. The Balaban J connectivity index is 3.17. The molecule has 0 aliphatic rings. The minimum Gasteiger partial charge on any atom is -0.402 e. The van der Waals surface area contributed by atoms with Crippen LogP contribution in [0.2, 0.25) is 0 Å². The van der Waals surface area contributed by atoms with E-state index in [-0.39, 0.29) is 0 Å². The first-order valence-electron chi connectivity index (χ1n) is 4.75. The van der Waals surface area contributed by atoms with Crippen molar-refractivity contribution in [1.29, 1.82) is 0 Å². The van der Waals surface area contributed by atoms with Crippen LogP contribution in [0.5, 0.6) is 0 Å². The van der Waals surface area contributed by atoms with Crippen molar-refractivity contribution in [3.8, 4) is 0 Å². The van der Waals surface area contributed by atoms with Gasteiger partial charge in [-0.3, -0.25) is 0 Å². The van der Waals surface area contributed by atoms with Crippen molar-refractivity contribution >= 4 is 0 Å². The standard InChI is InChI=1S/C10H21N/c1-3-5-6-7-9-10(11)8-4-2/h8H,3-7,9,11H2,1-2H3/b10-8-. The van der Waals surface area contributed by atoms with E-state index >= 15 is 0 Å². The zero-order valence-electron chi connectivity index (χ0n) is 7.90. The van der Waals surface area contributed by atoms with Crippen molar-refractivity contribution in [1.82, 2.24) is 0 Å². The predicted octanol–water partition coefficient (Wildman–Crippen LogP) is 3.21. The molecule has 0 radical (unpaired) electrons. The molecule has 0 aliphatic carbocycles. The Morgan fingerprint density at radius 2 is 1.91 bits per heavy atom. The summed E-state index contributed by atoms with van der Waals surface area (Å²) in [5, 5.41) is 0. The molecule has 0 aromatic rings. The Bertz CT molecular complexity index is 105. The SMILES string of the molecule is CC/C=C(\N)CCCCCC. The summed E-state index contributed by atoms with van der Waals surface area (Å²) < 4.78 is 0. The number of allylic oxidation sites excluding steroid dienone is 2. The zero-order valence-corrected chi connectivity index (χ0v) is 7.90. The van der Waals surface area contributed by atoms with Crippen molar-refractivity contribution in [3.05, 3.63) is 11.8 Å². The number of nitrogens with two attached hydrogens (primary N) is 1. The van der Waals surface area contributed by atoms with E-state index in [4.69, 9.17) is 5.73 Å². The minimum absolute atomic E-state index is 1.07. The first-order chi connectivity index (χ1) is 5.31. The molecule has 2 N–H and O–H groups in total. The van der Waals surface area contributed by atoms with Crippen LogP contribution in [0.4, 0.5) is 0 Å². The number of hydrogen-bond donors (Lipinski definition) is 1. The quantitative estimate of drug-likeness (QED) is 0.586. The van der Waals surface area contributed by atoms with Crippen molar-refractivity contribution in [2.75, 3.05) is 0 Å². The molecule has 0 atom stereocenters. The lowest BCUT2D eigenvalue weighted by atomic mass is 10.1. The van der Waals surface area contributed by atoms with Crippen LogP contribution in [0.25, 0.3) is 0 Å². The maximum atomic E-state index is 5.73. The molecule has 0 saturated heterocycles. The molecule has 0 unspecified atom stereocenters. The van der Waals surface area contributed by atoms with Gasteiger partial charge in [-0.15, -0.1) is 0 Å². The first kappa shape index (κ1) is 10.5. The fraction of sp³-hybridized carbons (Fsp3) is 0.800. The third-order valence-electron chi connectivity index (χ3n) is 1.79. The fourth-order valence-electron chi connectivity index (χ4n) is 1.12. The number of rotatable bonds is 6. The van der Waals surface area contributed by atoms with Gasteiger partial charge in [0.05, 0.1) is 0 Å². The molecule has 0 bridgehead atoms. The fourth-order valence-corrected chi connectivity index (χ4v) is 1.12. The average molecular weight is 155 g/mol. The van der Waals surface area contributed by atoms with Crippen LogP contribution in [-0.2, 0) is 0 Å². The van der Waals surface area contributed by atoms with Gasteiger partial charge in [0.2, 0.25) is 0 Å². The van der Waals surface area contributed by atoms with Gasteiger partial charge in [-0.1, -0.05) is 39.2 Å². The van der Waals surface area contributed by atoms with Gasteiger partial charge in [-0.05, 0) is 19.3 Å². The third kappa shape index (κ3) is 7.44. The first-order valence-corrected chi connectivity index (χ1v) is 4.75. The lowest BCUT2D eigenvalue weighted by Crippen LogP contribution is -1.96. The minimum atomic E-state index is 1.07. The van der Waals surface area contributed by atoms with Crippen LogP contribution in [0.1, 0.15) is 52.4 Å². The number of unbranched alkanes of at least 4 members (excludes halogenated alkanes) is 3. The highest BCUT2D eigenvalue weighted by molar-refractivity contribution is 4.95. The van der Waals surface area contributed by atoms with Crippen molar-refractivity contribution in [2.45, 2.75) is 52.4 Å². The molecule has 1 nitrogen and oxygen atoms in total. The van der Waals surface area contributed by atoms with E-state index in [0.29, 0.717) is 0 Å². The number of hydrogen-bond acceptors (Lipinski definition) is 1. The summed E-state index contributed by atoms with van der Waals surface area (Å²) >= 11 is 0. The molecule has 0 heterocycles. The van der Waals surface area contributed by atoms with Crippen LogP contribution in [0.3, 0.4) is 0 Å². The van der Waals surface area contributed by atoms with E-state index in [0.717, 1.165) is 18.5 Å². The highest BCUT2D eigenvalue weighted by Gasteiger charge is 1.89. The molecule has 0 spiro atoms. The summed E-state index contributed by atoms with van der Waals surface area (Å²) in [6.45, 7) is 4.35. The molecule has 11 heavy (non-hydrogen) atoms. The largest absolute Gasteiger partial charge is 0.402 e. The van der Waals surface area contributed by atoms with Gasteiger partial charge in [0.15, 0.2) is 0 Å². The summed E-state index contributed by atoms with van der Waals surface area (Å²) in [4.78, 5) is 0. The van der Waals surface area contributed by atoms with Crippen molar-refractivity contribution in [2.24, 2.45) is 5.73 Å². The Hall–Kier alpha value is -0.460. The van der Waals surface area contributed by atoms with Gasteiger partial charge in [0.1, 0.15) is 0 Å². The molecule has 0 rings (SSSR count). The molecule has 1 heteroatoms. The maximum absolute atomic E-state index is 5.73. The summed E-state index contributed by atoms with van der Waals surface area (Å²) in [6.07, 6.45) is 9.52. The normalized spacial score (nSPS) is 12.0. The van der Waals surface area contributed by atoms with Gasteiger partial charge < -0.3 is 5.73 Å². The Labute approximate surface area is 70.7 Å². The highest BCUT2D eigenvalue weighted by atomic mass is 14.6. The molecule has 0 aromatic carbocycles. The maximum Gasteiger partial charge on any atom is 0.00398 e. The van der Waals surface area contributed by atoms with E-state index in [1.807, 2.05) is 0 Å². The van der Waals surface area contributed by atoms with Crippen LogP contribution in [-0.4, -0.2) is 0 Å². The molecule has 0 aromatic heterocycles. The zero-order chi connectivity index (χ0) is 8.53. The second-order valence-electron chi connectivity index (χ2n) is 3.00. The van der Waals surface area contributed by atoms with Crippen molar-refractivity contribution in [3.63, 3.8) is 0 Å². The molecule has 0 amide bonds. The summed E-state index contributed by atoms with van der Waals surface area (Å²) in [7, 11) is 0. The van der Waals surface area contributed by atoms with Crippen LogP contribution >= 0.6 is 0 Å². The molecule has 0 aliphatic heterocycles. The second-order valence-corrected chi connectivity index (χ2v) is 3.00. The Kier molecular flexibility index (Phi) is 7.33. The van der Waals surface area contributed by atoms with Crippen LogP contribution < -0.4 is 5.73 Å².